The number of benzene rings is 1. The van der Waals surface area contributed by atoms with Crippen molar-refractivity contribution in [1.82, 2.24) is 5.32 Å². The van der Waals surface area contributed by atoms with Crippen molar-refractivity contribution in [2.45, 2.75) is 45.0 Å². The van der Waals surface area contributed by atoms with Gasteiger partial charge < -0.3 is 0 Å². The average Bonchev–Trinajstić information content (AvgIpc) is 2.29. The molecule has 0 spiro atoms. The minimum absolute atomic E-state index is 0.0220. The molecule has 0 aliphatic carbocycles. The van der Waals surface area contributed by atoms with E-state index in [1.54, 1.807) is 6.92 Å². The SMILES string of the molecule is CCCC[Se]c1ccc([C@H](C)NC(C)=O)cc1. The number of rotatable bonds is 6. The topological polar surface area (TPSA) is 29.1 Å². The molecule has 0 heterocycles. The minimum atomic E-state index is 0.0220. The first-order valence-electron chi connectivity index (χ1n) is 6.13. The van der Waals surface area contributed by atoms with Gasteiger partial charge in [-0.3, -0.25) is 0 Å². The molecule has 17 heavy (non-hydrogen) atoms. The summed E-state index contributed by atoms with van der Waals surface area (Å²) >= 11 is 0.603. The van der Waals surface area contributed by atoms with Gasteiger partial charge in [0, 0.05) is 0 Å². The van der Waals surface area contributed by atoms with Gasteiger partial charge in [0.25, 0.3) is 0 Å². The van der Waals surface area contributed by atoms with E-state index in [0.29, 0.717) is 15.0 Å². The Labute approximate surface area is 110 Å². The maximum atomic E-state index is 11.0. The van der Waals surface area contributed by atoms with Crippen molar-refractivity contribution < 1.29 is 4.79 Å². The van der Waals surface area contributed by atoms with Crippen molar-refractivity contribution in [2.24, 2.45) is 0 Å². The summed E-state index contributed by atoms with van der Waals surface area (Å²) in [7, 11) is 0. The molecular formula is C14H21NOSe. The van der Waals surface area contributed by atoms with Gasteiger partial charge >= 0.3 is 110 Å². The van der Waals surface area contributed by atoms with Crippen LogP contribution in [0.1, 0.15) is 45.2 Å². The van der Waals surface area contributed by atoms with Gasteiger partial charge in [-0.2, -0.15) is 0 Å². The molecule has 1 N–H and O–H groups in total. The molecule has 2 nitrogen and oxygen atoms in total. The van der Waals surface area contributed by atoms with Crippen molar-refractivity contribution in [2.75, 3.05) is 0 Å². The fraction of sp³-hybridized carbons (Fsp3) is 0.500. The first-order chi connectivity index (χ1) is 8.13. The first-order valence-corrected chi connectivity index (χ1v) is 8.20. The Kier molecular flexibility index (Phi) is 6.31. The second-order valence-corrected chi connectivity index (χ2v) is 6.64. The molecule has 1 aromatic carbocycles. The molecule has 0 radical (unpaired) electrons. The van der Waals surface area contributed by atoms with Gasteiger partial charge in [-0.1, -0.05) is 0 Å². The van der Waals surface area contributed by atoms with Crippen molar-refractivity contribution in [3.8, 4) is 0 Å². The van der Waals surface area contributed by atoms with Crippen LogP contribution in [0.15, 0.2) is 24.3 Å². The van der Waals surface area contributed by atoms with E-state index >= 15 is 0 Å². The van der Waals surface area contributed by atoms with Crippen LogP contribution < -0.4 is 9.78 Å². The summed E-state index contributed by atoms with van der Waals surface area (Å²) < 4.78 is 1.45. The number of amides is 1. The second kappa shape index (κ2) is 7.52. The van der Waals surface area contributed by atoms with Gasteiger partial charge in [0.05, 0.1) is 0 Å². The molecule has 0 bridgehead atoms. The maximum absolute atomic E-state index is 11.0. The van der Waals surface area contributed by atoms with E-state index < -0.39 is 0 Å². The van der Waals surface area contributed by atoms with Gasteiger partial charge in [0.2, 0.25) is 0 Å². The van der Waals surface area contributed by atoms with E-state index in [-0.39, 0.29) is 11.9 Å². The molecular weight excluding hydrogens is 277 g/mol. The Morgan fingerprint density at radius 2 is 2.00 bits per heavy atom. The van der Waals surface area contributed by atoms with E-state index in [4.69, 9.17) is 0 Å². The van der Waals surface area contributed by atoms with Crippen LogP contribution in [0.3, 0.4) is 0 Å². The zero-order chi connectivity index (χ0) is 12.7. The second-order valence-electron chi connectivity index (χ2n) is 4.19. The zero-order valence-electron chi connectivity index (χ0n) is 10.8. The quantitative estimate of drug-likeness (QED) is 0.634. The summed E-state index contributed by atoms with van der Waals surface area (Å²) in [4.78, 5) is 11.0. The third kappa shape index (κ3) is 5.38. The summed E-state index contributed by atoms with van der Waals surface area (Å²) in [5, 5.41) is 4.22. The van der Waals surface area contributed by atoms with E-state index in [0.717, 1.165) is 0 Å². The molecule has 0 fully saturated rings. The third-order valence-corrected chi connectivity index (χ3v) is 4.87. The average molecular weight is 298 g/mol. The van der Waals surface area contributed by atoms with Crippen molar-refractivity contribution in [3.05, 3.63) is 29.8 Å². The van der Waals surface area contributed by atoms with Crippen LogP contribution in [0, 0.1) is 0 Å². The van der Waals surface area contributed by atoms with Gasteiger partial charge in [0.15, 0.2) is 0 Å². The van der Waals surface area contributed by atoms with Crippen LogP contribution in [0.4, 0.5) is 0 Å². The molecule has 0 aliphatic rings. The zero-order valence-corrected chi connectivity index (χ0v) is 12.5. The molecule has 0 saturated heterocycles. The Morgan fingerprint density at radius 1 is 1.35 bits per heavy atom. The standard InChI is InChI=1S/C14H21NOSe/c1-4-5-10-17-14-8-6-13(7-9-14)11(2)15-12(3)16/h6-9,11H,4-5,10H2,1-3H3,(H,15,16)/t11-/m0/s1. The molecule has 0 aliphatic heterocycles. The summed E-state index contributed by atoms with van der Waals surface area (Å²) in [5.41, 5.74) is 1.18. The number of hydrogen-bond donors (Lipinski definition) is 1. The summed E-state index contributed by atoms with van der Waals surface area (Å²) in [5.74, 6) is 0.0220. The summed E-state index contributed by atoms with van der Waals surface area (Å²) in [6.45, 7) is 5.80. The first kappa shape index (κ1) is 14.3. The predicted octanol–water partition coefficient (Wildman–Crippen LogP) is 2.43. The van der Waals surface area contributed by atoms with E-state index in [1.165, 1.54) is 28.2 Å². The van der Waals surface area contributed by atoms with Crippen LogP contribution in [-0.2, 0) is 4.79 Å². The molecule has 1 aromatic rings. The number of carbonyl (C=O) groups excluding carboxylic acids is 1. The molecule has 0 unspecified atom stereocenters. The molecule has 1 amide bonds. The molecule has 0 aromatic heterocycles. The van der Waals surface area contributed by atoms with Crippen LogP contribution in [-0.4, -0.2) is 20.9 Å². The van der Waals surface area contributed by atoms with Crippen LogP contribution in [0.2, 0.25) is 5.32 Å². The number of nitrogens with one attached hydrogen (secondary N) is 1. The monoisotopic (exact) mass is 299 g/mol. The molecule has 1 rings (SSSR count). The van der Waals surface area contributed by atoms with Crippen molar-refractivity contribution in [1.29, 1.82) is 0 Å². The molecule has 3 heteroatoms. The van der Waals surface area contributed by atoms with E-state index in [1.807, 2.05) is 6.92 Å². The van der Waals surface area contributed by atoms with Crippen LogP contribution >= 0.6 is 0 Å². The number of carbonyl (C=O) groups is 1. The summed E-state index contributed by atoms with van der Waals surface area (Å²) in [6, 6.07) is 8.75. The molecule has 0 saturated carbocycles. The fourth-order valence-electron chi connectivity index (χ4n) is 1.58. The summed E-state index contributed by atoms with van der Waals surface area (Å²) in [6.07, 6.45) is 2.60. The molecule has 1 atom stereocenters. The molecule has 94 valence electrons. The van der Waals surface area contributed by atoms with Gasteiger partial charge in [-0.25, -0.2) is 0 Å². The van der Waals surface area contributed by atoms with Crippen LogP contribution in [0.5, 0.6) is 0 Å². The van der Waals surface area contributed by atoms with E-state index in [2.05, 4.69) is 36.5 Å². The number of unbranched alkanes of at least 4 members (excludes halogenated alkanes) is 1. The normalized spacial score (nSPS) is 12.2. The fourth-order valence-corrected chi connectivity index (χ4v) is 3.67. The van der Waals surface area contributed by atoms with Crippen molar-refractivity contribution in [3.63, 3.8) is 0 Å². The van der Waals surface area contributed by atoms with Gasteiger partial charge in [0.1, 0.15) is 0 Å². The Hall–Kier alpha value is -0.791. The van der Waals surface area contributed by atoms with Crippen LogP contribution in [0.25, 0.3) is 0 Å². The Morgan fingerprint density at radius 3 is 2.53 bits per heavy atom. The van der Waals surface area contributed by atoms with Crippen molar-refractivity contribution >= 4 is 25.3 Å². The Balaban J connectivity index is 2.52. The van der Waals surface area contributed by atoms with E-state index in [9.17, 15) is 4.79 Å². The third-order valence-electron chi connectivity index (χ3n) is 2.57. The number of hydrogen-bond acceptors (Lipinski definition) is 1. The van der Waals surface area contributed by atoms with Gasteiger partial charge in [-0.05, 0) is 0 Å². The van der Waals surface area contributed by atoms with Gasteiger partial charge in [-0.15, -0.1) is 0 Å². The predicted molar refractivity (Wildman–Crippen MR) is 73.8 cm³/mol. The Bertz CT molecular complexity index is 348.